The van der Waals surface area contributed by atoms with E-state index in [2.05, 4.69) is 20.0 Å². The summed E-state index contributed by atoms with van der Waals surface area (Å²) in [6, 6.07) is 6.41. The van der Waals surface area contributed by atoms with Gasteiger partial charge in [-0.2, -0.15) is 13.2 Å². The van der Waals surface area contributed by atoms with Gasteiger partial charge in [-0.1, -0.05) is 29.3 Å². The summed E-state index contributed by atoms with van der Waals surface area (Å²) in [6.45, 7) is 0.192. The van der Waals surface area contributed by atoms with Gasteiger partial charge in [0.05, 0.1) is 30.5 Å². The van der Waals surface area contributed by atoms with E-state index < -0.39 is 22.7 Å². The topological polar surface area (TPSA) is 77.2 Å². The Morgan fingerprint density at radius 3 is 2.59 bits per heavy atom. The highest BCUT2D eigenvalue weighted by Crippen LogP contribution is 2.37. The predicted molar refractivity (Wildman–Crippen MR) is 99.9 cm³/mol. The van der Waals surface area contributed by atoms with Gasteiger partial charge >= 0.3 is 12.1 Å². The summed E-state index contributed by atoms with van der Waals surface area (Å²) in [5, 5.41) is 2.26. The third kappa shape index (κ3) is 4.63. The normalized spacial score (nSPS) is 11.4. The number of carbonyl (C=O) groups is 1. The summed E-state index contributed by atoms with van der Waals surface area (Å²) in [4.78, 5) is 20.3. The Kier molecular flexibility index (Phi) is 5.99. The van der Waals surface area contributed by atoms with Crippen LogP contribution in [0.4, 0.5) is 19.0 Å². The van der Waals surface area contributed by atoms with E-state index in [1.165, 1.54) is 6.26 Å². The van der Waals surface area contributed by atoms with Crippen molar-refractivity contribution in [3.8, 4) is 11.4 Å². The first-order valence-corrected chi connectivity index (χ1v) is 8.75. The Morgan fingerprint density at radius 1 is 1.24 bits per heavy atom. The van der Waals surface area contributed by atoms with E-state index in [0.29, 0.717) is 5.76 Å². The molecule has 2 aromatic heterocycles. The average molecular weight is 446 g/mol. The summed E-state index contributed by atoms with van der Waals surface area (Å²) in [7, 11) is 1.14. The van der Waals surface area contributed by atoms with Crippen LogP contribution in [0.15, 0.2) is 41.0 Å². The number of carbonyl (C=O) groups excluding carboxylic acids is 1. The lowest BCUT2D eigenvalue weighted by Gasteiger charge is -2.13. The fourth-order valence-electron chi connectivity index (χ4n) is 2.39. The molecule has 0 fully saturated rings. The number of halogens is 5. The monoisotopic (exact) mass is 445 g/mol. The minimum absolute atomic E-state index is 0.0626. The number of hydrogen-bond acceptors (Lipinski definition) is 6. The number of ether oxygens (including phenoxy) is 1. The fraction of sp³-hybridized carbons (Fsp3) is 0.167. The van der Waals surface area contributed by atoms with Crippen molar-refractivity contribution in [1.29, 1.82) is 0 Å². The van der Waals surface area contributed by atoms with Crippen LogP contribution in [0.2, 0.25) is 10.0 Å². The van der Waals surface area contributed by atoms with Gasteiger partial charge in [0.25, 0.3) is 0 Å². The molecule has 1 aromatic carbocycles. The zero-order chi connectivity index (χ0) is 21.2. The number of anilines is 1. The SMILES string of the molecule is COC(=O)c1nc(-c2ccc(C(F)(F)F)c(Cl)c2)nc(NCc2ccco2)c1Cl. The summed E-state index contributed by atoms with van der Waals surface area (Å²) >= 11 is 12.0. The quantitative estimate of drug-likeness (QED) is 0.525. The number of benzene rings is 1. The molecule has 2 heterocycles. The van der Waals surface area contributed by atoms with Crippen LogP contribution in [0, 0.1) is 0 Å². The highest BCUT2D eigenvalue weighted by atomic mass is 35.5. The number of nitrogens with zero attached hydrogens (tertiary/aromatic N) is 2. The lowest BCUT2D eigenvalue weighted by atomic mass is 10.1. The van der Waals surface area contributed by atoms with E-state index in [-0.39, 0.29) is 34.5 Å². The Morgan fingerprint density at radius 2 is 2.00 bits per heavy atom. The van der Waals surface area contributed by atoms with Crippen LogP contribution in [0.25, 0.3) is 11.4 Å². The molecule has 0 radical (unpaired) electrons. The summed E-state index contributed by atoms with van der Waals surface area (Å²) in [5.74, 6) is -0.256. The van der Waals surface area contributed by atoms with Crippen molar-refractivity contribution in [2.75, 3.05) is 12.4 Å². The van der Waals surface area contributed by atoms with E-state index in [1.807, 2.05) is 0 Å². The van der Waals surface area contributed by atoms with Gasteiger partial charge in [-0.05, 0) is 24.3 Å². The van der Waals surface area contributed by atoms with E-state index in [0.717, 1.165) is 25.3 Å². The van der Waals surface area contributed by atoms with Gasteiger partial charge in [0, 0.05) is 5.56 Å². The van der Waals surface area contributed by atoms with Crippen LogP contribution in [-0.2, 0) is 17.5 Å². The largest absolute Gasteiger partial charge is 0.467 e. The van der Waals surface area contributed by atoms with Gasteiger partial charge in [-0.25, -0.2) is 14.8 Å². The molecule has 0 saturated carbocycles. The van der Waals surface area contributed by atoms with Crippen molar-refractivity contribution >= 4 is 35.0 Å². The number of nitrogens with one attached hydrogen (secondary N) is 1. The lowest BCUT2D eigenvalue weighted by Crippen LogP contribution is -2.11. The molecule has 3 aromatic rings. The second-order valence-electron chi connectivity index (χ2n) is 5.68. The molecule has 3 rings (SSSR count). The maximum Gasteiger partial charge on any atom is 0.417 e. The smallest absolute Gasteiger partial charge is 0.417 e. The second-order valence-corrected chi connectivity index (χ2v) is 6.46. The molecule has 11 heteroatoms. The highest BCUT2D eigenvalue weighted by Gasteiger charge is 2.33. The standard InChI is InChI=1S/C18H12Cl2F3N3O3/c1-28-17(27)14-13(20)16(24-8-10-3-2-6-29-10)26-15(25-14)9-4-5-11(12(19)7-9)18(21,22)23/h2-7H,8H2,1H3,(H,24,25,26). The van der Waals surface area contributed by atoms with Gasteiger partial charge in [-0.3, -0.25) is 0 Å². The Bertz CT molecular complexity index is 1040. The molecule has 6 nitrogen and oxygen atoms in total. The molecule has 0 aliphatic rings. The number of hydrogen-bond donors (Lipinski definition) is 1. The van der Waals surface area contributed by atoms with Gasteiger partial charge in [0.15, 0.2) is 11.5 Å². The van der Waals surface area contributed by atoms with E-state index in [4.69, 9.17) is 27.6 Å². The molecule has 0 amide bonds. The van der Waals surface area contributed by atoms with Crippen LogP contribution in [0.3, 0.4) is 0 Å². The first-order valence-electron chi connectivity index (χ1n) is 8.00. The molecule has 0 spiro atoms. The minimum atomic E-state index is -4.61. The third-order valence-corrected chi connectivity index (χ3v) is 4.44. The molecule has 0 aliphatic carbocycles. The van der Waals surface area contributed by atoms with Crippen molar-refractivity contribution in [1.82, 2.24) is 9.97 Å². The number of furan rings is 1. The van der Waals surface area contributed by atoms with E-state index in [9.17, 15) is 18.0 Å². The van der Waals surface area contributed by atoms with Crippen LogP contribution < -0.4 is 5.32 Å². The molecule has 0 saturated heterocycles. The number of esters is 1. The zero-order valence-electron chi connectivity index (χ0n) is 14.7. The number of alkyl halides is 3. The molecule has 0 atom stereocenters. The summed E-state index contributed by atoms with van der Waals surface area (Å²) in [5.41, 5.74) is -1.09. The minimum Gasteiger partial charge on any atom is -0.467 e. The first kappa shape index (κ1) is 20.9. The Balaban J connectivity index is 2.04. The van der Waals surface area contributed by atoms with Crippen molar-refractivity contribution in [3.05, 3.63) is 63.7 Å². The fourth-order valence-corrected chi connectivity index (χ4v) is 2.91. The Hall–Kier alpha value is -2.78. The molecular formula is C18H12Cl2F3N3O3. The third-order valence-electron chi connectivity index (χ3n) is 3.77. The summed E-state index contributed by atoms with van der Waals surface area (Å²) < 4.78 is 48.7. The van der Waals surface area contributed by atoms with Gasteiger partial charge < -0.3 is 14.5 Å². The van der Waals surface area contributed by atoms with Crippen LogP contribution in [-0.4, -0.2) is 23.0 Å². The molecule has 152 valence electrons. The molecule has 29 heavy (non-hydrogen) atoms. The average Bonchev–Trinajstić information content (AvgIpc) is 3.19. The van der Waals surface area contributed by atoms with Crippen molar-refractivity contribution in [3.63, 3.8) is 0 Å². The van der Waals surface area contributed by atoms with Gasteiger partial charge in [0.1, 0.15) is 16.6 Å². The lowest BCUT2D eigenvalue weighted by molar-refractivity contribution is -0.137. The van der Waals surface area contributed by atoms with E-state index in [1.54, 1.807) is 12.1 Å². The predicted octanol–water partition coefficient (Wildman–Crippen LogP) is 5.46. The number of rotatable bonds is 5. The van der Waals surface area contributed by atoms with E-state index >= 15 is 0 Å². The van der Waals surface area contributed by atoms with Crippen molar-refractivity contribution < 1.29 is 27.1 Å². The molecular weight excluding hydrogens is 434 g/mol. The summed E-state index contributed by atoms with van der Waals surface area (Å²) in [6.07, 6.45) is -3.13. The maximum atomic E-state index is 12.9. The van der Waals surface area contributed by atoms with Gasteiger partial charge in [-0.15, -0.1) is 0 Å². The van der Waals surface area contributed by atoms with Crippen molar-refractivity contribution in [2.24, 2.45) is 0 Å². The molecule has 0 bridgehead atoms. The highest BCUT2D eigenvalue weighted by molar-refractivity contribution is 6.35. The van der Waals surface area contributed by atoms with Crippen LogP contribution in [0.1, 0.15) is 21.8 Å². The Labute approximate surface area is 172 Å². The number of methoxy groups -OCH3 is 1. The maximum absolute atomic E-state index is 12.9. The molecule has 0 aliphatic heterocycles. The second kappa shape index (κ2) is 8.30. The van der Waals surface area contributed by atoms with Gasteiger partial charge in [0.2, 0.25) is 0 Å². The molecule has 0 unspecified atom stereocenters. The van der Waals surface area contributed by atoms with Crippen LogP contribution in [0.5, 0.6) is 0 Å². The molecule has 1 N–H and O–H groups in total. The zero-order valence-corrected chi connectivity index (χ0v) is 16.2. The van der Waals surface area contributed by atoms with Crippen LogP contribution >= 0.6 is 23.2 Å². The first-order chi connectivity index (χ1) is 13.7. The van der Waals surface area contributed by atoms with Crippen molar-refractivity contribution in [2.45, 2.75) is 12.7 Å². The number of aromatic nitrogens is 2.